The molecule has 0 bridgehead atoms. The van der Waals surface area contributed by atoms with Gasteiger partial charge in [0, 0.05) is 11.6 Å². The van der Waals surface area contributed by atoms with Crippen molar-refractivity contribution < 1.29 is 14.7 Å². The van der Waals surface area contributed by atoms with Gasteiger partial charge < -0.3 is 10.0 Å². The molecule has 2 rings (SSSR count). The molecular formula is C16H21NO3. The first-order valence-corrected chi connectivity index (χ1v) is 7.23. The molecule has 1 fully saturated rings. The molecule has 0 heterocycles. The van der Waals surface area contributed by atoms with E-state index in [2.05, 4.69) is 6.92 Å². The minimum atomic E-state index is -0.949. The SMILES string of the molecule is CCc1ccc(C(=O)N(CC(=O)O)C2CCCC2)cc1. The van der Waals surface area contributed by atoms with E-state index >= 15 is 0 Å². The van der Waals surface area contributed by atoms with E-state index in [9.17, 15) is 9.59 Å². The van der Waals surface area contributed by atoms with Crippen LogP contribution in [0.5, 0.6) is 0 Å². The Morgan fingerprint density at radius 2 is 1.80 bits per heavy atom. The summed E-state index contributed by atoms with van der Waals surface area (Å²) in [5.41, 5.74) is 1.75. The number of amides is 1. The fourth-order valence-electron chi connectivity index (χ4n) is 2.78. The summed E-state index contributed by atoms with van der Waals surface area (Å²) in [4.78, 5) is 25.1. The van der Waals surface area contributed by atoms with E-state index in [1.54, 1.807) is 12.1 Å². The van der Waals surface area contributed by atoms with Crippen molar-refractivity contribution in [2.75, 3.05) is 6.54 Å². The summed E-state index contributed by atoms with van der Waals surface area (Å²) < 4.78 is 0. The second-order valence-corrected chi connectivity index (χ2v) is 5.32. The van der Waals surface area contributed by atoms with Gasteiger partial charge in [0.25, 0.3) is 5.91 Å². The summed E-state index contributed by atoms with van der Waals surface area (Å²) >= 11 is 0. The highest BCUT2D eigenvalue weighted by Gasteiger charge is 2.28. The van der Waals surface area contributed by atoms with E-state index < -0.39 is 5.97 Å². The number of carboxylic acids is 1. The molecule has 1 amide bonds. The summed E-state index contributed by atoms with van der Waals surface area (Å²) in [6.45, 7) is 1.85. The number of rotatable bonds is 5. The maximum atomic E-state index is 12.5. The highest BCUT2D eigenvalue weighted by atomic mass is 16.4. The molecule has 1 N–H and O–H groups in total. The lowest BCUT2D eigenvalue weighted by atomic mass is 10.1. The van der Waals surface area contributed by atoms with Crippen molar-refractivity contribution in [3.05, 3.63) is 35.4 Å². The molecule has 1 aliphatic carbocycles. The van der Waals surface area contributed by atoms with Crippen molar-refractivity contribution >= 4 is 11.9 Å². The lowest BCUT2D eigenvalue weighted by Crippen LogP contribution is -2.42. The van der Waals surface area contributed by atoms with Gasteiger partial charge in [0.15, 0.2) is 0 Å². The van der Waals surface area contributed by atoms with Gasteiger partial charge in [-0.2, -0.15) is 0 Å². The summed E-state index contributed by atoms with van der Waals surface area (Å²) in [6, 6.07) is 7.53. The number of nitrogens with zero attached hydrogens (tertiary/aromatic N) is 1. The number of aliphatic carboxylic acids is 1. The lowest BCUT2D eigenvalue weighted by Gasteiger charge is -2.27. The Balaban J connectivity index is 2.17. The van der Waals surface area contributed by atoms with Gasteiger partial charge in [-0.05, 0) is 37.0 Å². The van der Waals surface area contributed by atoms with Gasteiger partial charge in [0.1, 0.15) is 6.54 Å². The number of carbonyl (C=O) groups is 2. The number of hydrogen-bond donors (Lipinski definition) is 1. The standard InChI is InChI=1S/C16H21NO3/c1-2-12-7-9-13(10-8-12)16(20)17(11-15(18)19)14-5-3-4-6-14/h7-10,14H,2-6,11H2,1H3,(H,18,19). The maximum Gasteiger partial charge on any atom is 0.323 e. The molecule has 4 heteroatoms. The van der Waals surface area contributed by atoms with Crippen LogP contribution in [0.4, 0.5) is 0 Å². The topological polar surface area (TPSA) is 57.6 Å². The molecule has 1 aliphatic rings. The average molecular weight is 275 g/mol. The van der Waals surface area contributed by atoms with Crippen molar-refractivity contribution in [3.63, 3.8) is 0 Å². The minimum Gasteiger partial charge on any atom is -0.480 e. The zero-order valence-corrected chi connectivity index (χ0v) is 11.8. The molecule has 1 saturated carbocycles. The summed E-state index contributed by atoms with van der Waals surface area (Å²) in [5, 5.41) is 9.03. The van der Waals surface area contributed by atoms with Crippen LogP contribution in [-0.2, 0) is 11.2 Å². The van der Waals surface area contributed by atoms with Gasteiger partial charge in [-0.3, -0.25) is 9.59 Å². The number of hydrogen-bond acceptors (Lipinski definition) is 2. The molecule has 0 spiro atoms. The van der Waals surface area contributed by atoms with Gasteiger partial charge in [0.05, 0.1) is 0 Å². The van der Waals surface area contributed by atoms with Crippen LogP contribution >= 0.6 is 0 Å². The van der Waals surface area contributed by atoms with Gasteiger partial charge in [-0.25, -0.2) is 0 Å². The Bertz CT molecular complexity index is 475. The Morgan fingerprint density at radius 3 is 2.30 bits per heavy atom. The number of benzene rings is 1. The van der Waals surface area contributed by atoms with E-state index in [0.717, 1.165) is 32.1 Å². The van der Waals surface area contributed by atoms with Crippen LogP contribution < -0.4 is 0 Å². The highest BCUT2D eigenvalue weighted by molar-refractivity contribution is 5.96. The Hall–Kier alpha value is -1.84. The van der Waals surface area contributed by atoms with E-state index in [4.69, 9.17) is 5.11 Å². The minimum absolute atomic E-state index is 0.0736. The van der Waals surface area contributed by atoms with Crippen molar-refractivity contribution in [1.82, 2.24) is 4.90 Å². The van der Waals surface area contributed by atoms with E-state index in [-0.39, 0.29) is 18.5 Å². The molecule has 1 aromatic rings. The molecule has 0 unspecified atom stereocenters. The van der Waals surface area contributed by atoms with Crippen LogP contribution in [0.2, 0.25) is 0 Å². The zero-order chi connectivity index (χ0) is 14.5. The van der Waals surface area contributed by atoms with Crippen molar-refractivity contribution in [3.8, 4) is 0 Å². The van der Waals surface area contributed by atoms with E-state index in [0.29, 0.717) is 5.56 Å². The van der Waals surface area contributed by atoms with Gasteiger partial charge in [0.2, 0.25) is 0 Å². The van der Waals surface area contributed by atoms with Crippen LogP contribution in [0.1, 0.15) is 48.5 Å². The molecule has 0 saturated heterocycles. The van der Waals surface area contributed by atoms with Crippen LogP contribution in [0.25, 0.3) is 0 Å². The second kappa shape index (κ2) is 6.55. The maximum absolute atomic E-state index is 12.5. The second-order valence-electron chi connectivity index (χ2n) is 5.32. The van der Waals surface area contributed by atoms with E-state index in [1.807, 2.05) is 12.1 Å². The van der Waals surface area contributed by atoms with Crippen molar-refractivity contribution in [2.45, 2.75) is 45.1 Å². The van der Waals surface area contributed by atoms with E-state index in [1.165, 1.54) is 10.5 Å². The van der Waals surface area contributed by atoms with Crippen LogP contribution in [0.3, 0.4) is 0 Å². The first-order valence-electron chi connectivity index (χ1n) is 7.23. The summed E-state index contributed by atoms with van der Waals surface area (Å²) in [7, 11) is 0. The third-order valence-corrected chi connectivity index (χ3v) is 3.94. The Kier molecular flexibility index (Phi) is 4.77. The molecule has 4 nitrogen and oxygen atoms in total. The third kappa shape index (κ3) is 3.38. The molecule has 0 aromatic heterocycles. The predicted molar refractivity (Wildman–Crippen MR) is 76.7 cm³/mol. The van der Waals surface area contributed by atoms with Gasteiger partial charge in [-0.1, -0.05) is 31.9 Å². The van der Waals surface area contributed by atoms with Crippen LogP contribution in [0.15, 0.2) is 24.3 Å². The fraction of sp³-hybridized carbons (Fsp3) is 0.500. The number of carboxylic acid groups (broad SMARTS) is 1. The molecule has 0 atom stereocenters. The van der Waals surface area contributed by atoms with Gasteiger partial charge >= 0.3 is 5.97 Å². The third-order valence-electron chi connectivity index (χ3n) is 3.94. The molecule has 0 aliphatic heterocycles. The summed E-state index contributed by atoms with van der Waals surface area (Å²) in [6.07, 6.45) is 4.89. The smallest absolute Gasteiger partial charge is 0.323 e. The van der Waals surface area contributed by atoms with Crippen molar-refractivity contribution in [1.29, 1.82) is 0 Å². The molecule has 0 radical (unpaired) electrons. The van der Waals surface area contributed by atoms with Crippen LogP contribution in [0, 0.1) is 0 Å². The number of carbonyl (C=O) groups excluding carboxylic acids is 1. The Morgan fingerprint density at radius 1 is 1.20 bits per heavy atom. The lowest BCUT2D eigenvalue weighted by molar-refractivity contribution is -0.138. The summed E-state index contributed by atoms with van der Waals surface area (Å²) in [5.74, 6) is -1.11. The molecule has 20 heavy (non-hydrogen) atoms. The first kappa shape index (κ1) is 14.6. The highest BCUT2D eigenvalue weighted by Crippen LogP contribution is 2.25. The quantitative estimate of drug-likeness (QED) is 0.899. The molecular weight excluding hydrogens is 254 g/mol. The van der Waals surface area contributed by atoms with Gasteiger partial charge in [-0.15, -0.1) is 0 Å². The number of aryl methyl sites for hydroxylation is 1. The molecule has 1 aromatic carbocycles. The monoisotopic (exact) mass is 275 g/mol. The first-order chi connectivity index (χ1) is 9.61. The normalized spacial score (nSPS) is 15.2. The predicted octanol–water partition coefficient (Wildman–Crippen LogP) is 2.72. The zero-order valence-electron chi connectivity index (χ0n) is 11.8. The largest absolute Gasteiger partial charge is 0.480 e. The fourth-order valence-corrected chi connectivity index (χ4v) is 2.78. The van der Waals surface area contributed by atoms with Crippen LogP contribution in [-0.4, -0.2) is 34.5 Å². The average Bonchev–Trinajstić information content (AvgIpc) is 2.98. The Labute approximate surface area is 119 Å². The molecule has 108 valence electrons. The van der Waals surface area contributed by atoms with Crippen molar-refractivity contribution in [2.24, 2.45) is 0 Å².